The van der Waals surface area contributed by atoms with Gasteiger partial charge in [-0.3, -0.25) is 0 Å². The second-order valence-corrected chi connectivity index (χ2v) is 13.6. The van der Waals surface area contributed by atoms with Crippen LogP contribution in [0.15, 0.2) is 0 Å². The fourth-order valence-corrected chi connectivity index (χ4v) is 9.45. The van der Waals surface area contributed by atoms with E-state index >= 15 is 0 Å². The highest BCUT2D eigenvalue weighted by Gasteiger charge is 2.39. The molecule has 0 saturated heterocycles. The Kier molecular flexibility index (Phi) is 6.28. The topological polar surface area (TPSA) is 33.3 Å². The van der Waals surface area contributed by atoms with E-state index in [-0.39, 0.29) is 0 Å². The molecule has 0 radical (unpaired) electrons. The van der Waals surface area contributed by atoms with Crippen molar-refractivity contribution in [2.24, 2.45) is 0 Å². The minimum atomic E-state index is -1.81. The molecule has 0 aromatic carbocycles. The van der Waals surface area contributed by atoms with E-state index < -0.39 is 16.8 Å². The van der Waals surface area contributed by atoms with E-state index in [2.05, 4.69) is 57.3 Å². The van der Waals surface area contributed by atoms with Crippen molar-refractivity contribution in [2.75, 3.05) is 13.1 Å². The van der Waals surface area contributed by atoms with Crippen LogP contribution in [0.4, 0.5) is 0 Å². The zero-order chi connectivity index (χ0) is 12.1. The van der Waals surface area contributed by atoms with Gasteiger partial charge in [0.05, 0.1) is 0 Å². The van der Waals surface area contributed by atoms with Gasteiger partial charge in [-0.15, -0.1) is 0 Å². The van der Waals surface area contributed by atoms with Crippen molar-refractivity contribution < 1.29 is 4.12 Å². The summed E-state index contributed by atoms with van der Waals surface area (Å²) in [5.74, 6) is 0. The van der Waals surface area contributed by atoms with Crippen LogP contribution in [0.1, 0.15) is 20.8 Å². The third-order valence-corrected chi connectivity index (χ3v) is 9.44. The lowest BCUT2D eigenvalue weighted by atomic mass is 10.6. The maximum Gasteiger partial charge on any atom is 0.272 e. The van der Waals surface area contributed by atoms with Gasteiger partial charge in [0.1, 0.15) is 0 Å². The first kappa shape index (κ1) is 15.3. The fraction of sp³-hybridized carbons (Fsp3) is 1.00. The van der Waals surface area contributed by atoms with Gasteiger partial charge in [-0.2, -0.15) is 0 Å². The summed E-state index contributed by atoms with van der Waals surface area (Å²) in [5, 5.41) is 3.49. The Hall–Kier alpha value is 0.314. The number of nitrogens with one attached hydrogen (secondary N) is 2. The summed E-state index contributed by atoms with van der Waals surface area (Å²) in [5.41, 5.74) is 0.453. The molecule has 0 aromatic rings. The van der Waals surface area contributed by atoms with Gasteiger partial charge in [0, 0.05) is 5.67 Å². The molecular formula is C10H28N2OSi2. The normalized spacial score (nSPS) is 18.6. The van der Waals surface area contributed by atoms with Gasteiger partial charge in [0.2, 0.25) is 0 Å². The molecule has 0 rings (SSSR count). The lowest BCUT2D eigenvalue weighted by Gasteiger charge is -2.39. The first-order chi connectivity index (χ1) is 6.75. The number of hydrogen-bond acceptors (Lipinski definition) is 3. The van der Waals surface area contributed by atoms with Crippen molar-refractivity contribution in [1.82, 2.24) is 10.3 Å². The molecular weight excluding hydrogens is 220 g/mol. The smallest absolute Gasteiger partial charge is 0.272 e. The van der Waals surface area contributed by atoms with Crippen LogP contribution >= 0.6 is 0 Å². The third kappa shape index (κ3) is 5.82. The van der Waals surface area contributed by atoms with Crippen LogP contribution in [0.25, 0.3) is 0 Å². The summed E-state index contributed by atoms with van der Waals surface area (Å²) < 4.78 is 6.38. The Balaban J connectivity index is 4.57. The highest BCUT2D eigenvalue weighted by molar-refractivity contribution is 6.84. The Morgan fingerprint density at radius 1 is 1.07 bits per heavy atom. The van der Waals surface area contributed by atoms with Gasteiger partial charge in [-0.1, -0.05) is 13.8 Å². The summed E-state index contributed by atoms with van der Waals surface area (Å²) in [6.45, 7) is 17.6. The molecule has 2 atom stereocenters. The summed E-state index contributed by atoms with van der Waals surface area (Å²) >= 11 is 0. The van der Waals surface area contributed by atoms with Crippen molar-refractivity contribution >= 4 is 16.8 Å². The lowest BCUT2D eigenvalue weighted by Crippen LogP contribution is -2.66. The molecule has 0 fully saturated rings. The minimum absolute atomic E-state index is 0.453. The van der Waals surface area contributed by atoms with E-state index in [0.717, 1.165) is 13.1 Å². The SMILES string of the molecule is CCNC(C)[Si](C)(NCC)O[Si](C)(C)C. The zero-order valence-corrected chi connectivity index (χ0v) is 13.4. The Labute approximate surface area is 97.3 Å². The maximum absolute atomic E-state index is 6.38. The van der Waals surface area contributed by atoms with E-state index in [0.29, 0.717) is 5.67 Å². The standard InChI is InChI=1S/C10H28N2OSi2/c1-8-11-10(3)15(7,12-9-2)13-14(4,5)6/h10-12H,8-9H2,1-7H3. The van der Waals surface area contributed by atoms with Crippen molar-refractivity contribution in [3.05, 3.63) is 0 Å². The van der Waals surface area contributed by atoms with Crippen LogP contribution in [0.5, 0.6) is 0 Å². The van der Waals surface area contributed by atoms with E-state index in [1.54, 1.807) is 0 Å². The van der Waals surface area contributed by atoms with Crippen LogP contribution in [0.3, 0.4) is 0 Å². The van der Waals surface area contributed by atoms with Crippen molar-refractivity contribution in [3.63, 3.8) is 0 Å². The predicted molar refractivity (Wildman–Crippen MR) is 72.9 cm³/mol. The van der Waals surface area contributed by atoms with E-state index in [4.69, 9.17) is 4.12 Å². The molecule has 0 bridgehead atoms. The molecule has 0 saturated carbocycles. The number of rotatable bonds is 7. The summed E-state index contributed by atoms with van der Waals surface area (Å²) in [7, 11) is -3.27. The molecule has 5 heteroatoms. The molecule has 0 heterocycles. The molecule has 0 aliphatic heterocycles. The second kappa shape index (κ2) is 6.15. The maximum atomic E-state index is 6.38. The lowest BCUT2D eigenvalue weighted by molar-refractivity contribution is 0.476. The van der Waals surface area contributed by atoms with Gasteiger partial charge >= 0.3 is 0 Å². The van der Waals surface area contributed by atoms with Gasteiger partial charge in [-0.05, 0) is 46.2 Å². The van der Waals surface area contributed by atoms with Crippen molar-refractivity contribution in [1.29, 1.82) is 0 Å². The van der Waals surface area contributed by atoms with Crippen LogP contribution in [0.2, 0.25) is 26.2 Å². The fourth-order valence-electron chi connectivity index (χ4n) is 1.77. The Bertz CT molecular complexity index is 185. The van der Waals surface area contributed by atoms with Crippen LogP contribution in [-0.4, -0.2) is 35.6 Å². The minimum Gasteiger partial charge on any atom is -0.444 e. The zero-order valence-electron chi connectivity index (χ0n) is 11.4. The summed E-state index contributed by atoms with van der Waals surface area (Å²) in [6.07, 6.45) is 0. The van der Waals surface area contributed by atoms with E-state index in [9.17, 15) is 0 Å². The molecule has 3 nitrogen and oxygen atoms in total. The summed E-state index contributed by atoms with van der Waals surface area (Å²) in [4.78, 5) is 3.59. The predicted octanol–water partition coefficient (Wildman–Crippen LogP) is 2.06. The molecule has 15 heavy (non-hydrogen) atoms. The average Bonchev–Trinajstić information content (AvgIpc) is 2.01. The quantitative estimate of drug-likeness (QED) is 0.677. The average molecular weight is 249 g/mol. The first-order valence-corrected chi connectivity index (χ1v) is 11.8. The van der Waals surface area contributed by atoms with Crippen LogP contribution in [-0.2, 0) is 4.12 Å². The second-order valence-electron chi connectivity index (χ2n) is 5.13. The highest BCUT2D eigenvalue weighted by Crippen LogP contribution is 2.15. The molecule has 0 aliphatic carbocycles. The molecule has 0 aliphatic rings. The van der Waals surface area contributed by atoms with Crippen molar-refractivity contribution in [2.45, 2.75) is 52.6 Å². The van der Waals surface area contributed by atoms with E-state index in [1.165, 1.54) is 0 Å². The first-order valence-electron chi connectivity index (χ1n) is 5.93. The molecule has 0 spiro atoms. The van der Waals surface area contributed by atoms with Gasteiger partial charge in [-0.25, -0.2) is 0 Å². The molecule has 2 unspecified atom stereocenters. The van der Waals surface area contributed by atoms with Crippen LogP contribution in [0, 0.1) is 0 Å². The number of hydrogen-bond donors (Lipinski definition) is 2. The van der Waals surface area contributed by atoms with Gasteiger partial charge in [0.25, 0.3) is 8.48 Å². The van der Waals surface area contributed by atoms with E-state index in [1.807, 2.05) is 0 Å². The monoisotopic (exact) mass is 248 g/mol. The Morgan fingerprint density at radius 2 is 1.60 bits per heavy atom. The van der Waals surface area contributed by atoms with Gasteiger partial charge in [0.15, 0.2) is 8.32 Å². The molecule has 2 N–H and O–H groups in total. The molecule has 0 aromatic heterocycles. The highest BCUT2D eigenvalue weighted by atomic mass is 28.4. The molecule has 0 amide bonds. The Morgan fingerprint density at radius 3 is 1.93 bits per heavy atom. The largest absolute Gasteiger partial charge is 0.444 e. The summed E-state index contributed by atoms with van der Waals surface area (Å²) in [6, 6.07) is 0. The third-order valence-electron chi connectivity index (χ3n) is 2.38. The van der Waals surface area contributed by atoms with Gasteiger partial charge < -0.3 is 14.4 Å². The molecule has 92 valence electrons. The van der Waals surface area contributed by atoms with Crippen LogP contribution < -0.4 is 10.3 Å². The van der Waals surface area contributed by atoms with Crippen molar-refractivity contribution in [3.8, 4) is 0 Å².